The zero-order valence-electron chi connectivity index (χ0n) is 15.2. The predicted octanol–water partition coefficient (Wildman–Crippen LogP) is 5.01. The predicted molar refractivity (Wildman–Crippen MR) is 111 cm³/mol. The standard InChI is InChI=1S/C21H21ClN2O2S/c1-14-5-4-6-16(11-14)24-20(25)18-9-8-15(22)12-19(18)23-21(24)27-13-17-7-2-3-10-26-17/h4-6,8-9,11-12,17H,2-3,7,10,13H2,1H3/t17-/m1/s1. The molecule has 4 rings (SSSR count). The summed E-state index contributed by atoms with van der Waals surface area (Å²) >= 11 is 7.70. The van der Waals surface area contributed by atoms with Crippen LogP contribution in [0.2, 0.25) is 5.02 Å². The number of hydrogen-bond donors (Lipinski definition) is 0. The first-order valence-electron chi connectivity index (χ1n) is 9.15. The van der Waals surface area contributed by atoms with Crippen molar-refractivity contribution < 1.29 is 4.74 Å². The van der Waals surface area contributed by atoms with Crippen LogP contribution in [0.1, 0.15) is 24.8 Å². The molecule has 3 aromatic rings. The molecule has 140 valence electrons. The smallest absolute Gasteiger partial charge is 0.266 e. The van der Waals surface area contributed by atoms with Gasteiger partial charge in [0.2, 0.25) is 0 Å². The molecule has 0 amide bonds. The molecule has 1 aliphatic heterocycles. The van der Waals surface area contributed by atoms with Crippen LogP contribution in [0.25, 0.3) is 16.6 Å². The van der Waals surface area contributed by atoms with Gasteiger partial charge in [0.25, 0.3) is 5.56 Å². The average molecular weight is 401 g/mol. The first-order valence-corrected chi connectivity index (χ1v) is 10.5. The molecular weight excluding hydrogens is 380 g/mol. The van der Waals surface area contributed by atoms with Crippen molar-refractivity contribution >= 4 is 34.3 Å². The molecule has 1 atom stereocenters. The zero-order valence-corrected chi connectivity index (χ0v) is 16.7. The summed E-state index contributed by atoms with van der Waals surface area (Å²) < 4.78 is 7.55. The Kier molecular flexibility index (Phi) is 5.53. The maximum absolute atomic E-state index is 13.3. The fourth-order valence-electron chi connectivity index (χ4n) is 3.34. The fourth-order valence-corrected chi connectivity index (χ4v) is 4.58. The number of thioether (sulfide) groups is 1. The summed E-state index contributed by atoms with van der Waals surface area (Å²) in [6, 6.07) is 13.2. The lowest BCUT2D eigenvalue weighted by atomic mass is 10.1. The first-order chi connectivity index (χ1) is 13.1. The Morgan fingerprint density at radius 3 is 2.93 bits per heavy atom. The number of ether oxygens (including phenoxy) is 1. The van der Waals surface area contributed by atoms with Crippen molar-refractivity contribution in [3.63, 3.8) is 0 Å². The molecule has 0 aliphatic carbocycles. The highest BCUT2D eigenvalue weighted by Gasteiger charge is 2.18. The molecule has 2 heterocycles. The molecule has 1 saturated heterocycles. The summed E-state index contributed by atoms with van der Waals surface area (Å²) in [5, 5.41) is 1.82. The number of benzene rings is 2. The second kappa shape index (κ2) is 8.05. The number of nitrogens with zero attached hydrogens (tertiary/aromatic N) is 2. The van der Waals surface area contributed by atoms with Crippen LogP contribution in [0.5, 0.6) is 0 Å². The molecule has 0 N–H and O–H groups in total. The van der Waals surface area contributed by atoms with Crippen LogP contribution in [0.4, 0.5) is 0 Å². The SMILES string of the molecule is Cc1cccc(-n2c(SC[C@H]3CCCCO3)nc3cc(Cl)ccc3c2=O)c1. The van der Waals surface area contributed by atoms with Crippen LogP contribution in [-0.4, -0.2) is 28.0 Å². The minimum Gasteiger partial charge on any atom is -0.377 e. The Balaban J connectivity index is 1.80. The number of fused-ring (bicyclic) bond motifs is 1. The quantitative estimate of drug-likeness (QED) is 0.456. The number of halogens is 1. The third-order valence-corrected chi connectivity index (χ3v) is 6.04. The Morgan fingerprint density at radius 1 is 1.26 bits per heavy atom. The van der Waals surface area contributed by atoms with Gasteiger partial charge < -0.3 is 4.74 Å². The van der Waals surface area contributed by atoms with Gasteiger partial charge in [0.05, 0.1) is 22.7 Å². The van der Waals surface area contributed by atoms with Gasteiger partial charge in [-0.2, -0.15) is 0 Å². The highest BCUT2D eigenvalue weighted by molar-refractivity contribution is 7.99. The summed E-state index contributed by atoms with van der Waals surface area (Å²) in [6.45, 7) is 2.84. The van der Waals surface area contributed by atoms with E-state index in [1.807, 2.05) is 31.2 Å². The van der Waals surface area contributed by atoms with E-state index < -0.39 is 0 Å². The summed E-state index contributed by atoms with van der Waals surface area (Å²) in [5.74, 6) is 0.782. The molecule has 0 unspecified atom stereocenters. The van der Waals surface area contributed by atoms with Gasteiger partial charge in [-0.05, 0) is 62.1 Å². The Morgan fingerprint density at radius 2 is 2.15 bits per heavy atom. The van der Waals surface area contributed by atoms with Crippen LogP contribution < -0.4 is 5.56 Å². The summed E-state index contributed by atoms with van der Waals surface area (Å²) in [5.41, 5.74) is 2.48. The van der Waals surface area contributed by atoms with Crippen molar-refractivity contribution in [3.05, 3.63) is 63.4 Å². The minimum absolute atomic E-state index is 0.0747. The lowest BCUT2D eigenvalue weighted by molar-refractivity contribution is 0.0315. The Labute approximate surface area is 167 Å². The van der Waals surface area contributed by atoms with Crippen LogP contribution in [0.15, 0.2) is 52.4 Å². The average Bonchev–Trinajstić information content (AvgIpc) is 2.67. The zero-order chi connectivity index (χ0) is 18.8. The van der Waals surface area contributed by atoms with Gasteiger partial charge in [-0.3, -0.25) is 9.36 Å². The maximum Gasteiger partial charge on any atom is 0.266 e. The molecule has 4 nitrogen and oxygen atoms in total. The van der Waals surface area contributed by atoms with Crippen molar-refractivity contribution in [1.82, 2.24) is 9.55 Å². The molecule has 27 heavy (non-hydrogen) atoms. The minimum atomic E-state index is -0.0747. The molecule has 0 radical (unpaired) electrons. The topological polar surface area (TPSA) is 44.1 Å². The monoisotopic (exact) mass is 400 g/mol. The lowest BCUT2D eigenvalue weighted by Gasteiger charge is -2.22. The van der Waals surface area contributed by atoms with Crippen molar-refractivity contribution in [1.29, 1.82) is 0 Å². The van der Waals surface area contributed by atoms with Crippen LogP contribution in [-0.2, 0) is 4.74 Å². The number of hydrogen-bond acceptors (Lipinski definition) is 4. The lowest BCUT2D eigenvalue weighted by Crippen LogP contribution is -2.24. The van der Waals surface area contributed by atoms with E-state index in [9.17, 15) is 4.79 Å². The molecule has 1 aliphatic rings. The Hall–Kier alpha value is -1.82. The largest absolute Gasteiger partial charge is 0.377 e. The van der Waals surface area contributed by atoms with Crippen molar-refractivity contribution in [2.75, 3.05) is 12.4 Å². The molecular formula is C21H21ClN2O2S. The number of aromatic nitrogens is 2. The van der Waals surface area contributed by atoms with E-state index >= 15 is 0 Å². The van der Waals surface area contributed by atoms with E-state index in [1.165, 1.54) is 6.42 Å². The molecule has 0 saturated carbocycles. The molecule has 2 aromatic carbocycles. The molecule has 0 spiro atoms. The van der Waals surface area contributed by atoms with Crippen LogP contribution >= 0.6 is 23.4 Å². The van der Waals surface area contributed by atoms with E-state index in [-0.39, 0.29) is 11.7 Å². The highest BCUT2D eigenvalue weighted by atomic mass is 35.5. The second-order valence-electron chi connectivity index (χ2n) is 6.84. The summed E-state index contributed by atoms with van der Waals surface area (Å²) in [7, 11) is 0. The van der Waals surface area contributed by atoms with E-state index in [2.05, 4.69) is 0 Å². The van der Waals surface area contributed by atoms with Gasteiger partial charge in [0, 0.05) is 17.4 Å². The van der Waals surface area contributed by atoms with Gasteiger partial charge in [0.15, 0.2) is 5.16 Å². The molecule has 6 heteroatoms. The third kappa shape index (κ3) is 4.05. The Bertz CT molecular complexity index is 1030. The third-order valence-electron chi connectivity index (χ3n) is 4.73. The van der Waals surface area contributed by atoms with Crippen molar-refractivity contribution in [2.45, 2.75) is 37.4 Å². The van der Waals surface area contributed by atoms with E-state index in [1.54, 1.807) is 34.5 Å². The first kappa shape index (κ1) is 18.5. The van der Waals surface area contributed by atoms with E-state index in [0.717, 1.165) is 36.5 Å². The number of aryl methyl sites for hydroxylation is 1. The van der Waals surface area contributed by atoms with Gasteiger partial charge in [0.1, 0.15) is 0 Å². The van der Waals surface area contributed by atoms with Crippen LogP contribution in [0.3, 0.4) is 0 Å². The van der Waals surface area contributed by atoms with E-state index in [0.29, 0.717) is 21.1 Å². The molecule has 0 bridgehead atoms. The van der Waals surface area contributed by atoms with Gasteiger partial charge in [-0.25, -0.2) is 4.98 Å². The van der Waals surface area contributed by atoms with Crippen molar-refractivity contribution in [2.24, 2.45) is 0 Å². The fraction of sp³-hybridized carbons (Fsp3) is 0.333. The van der Waals surface area contributed by atoms with E-state index in [4.69, 9.17) is 21.3 Å². The highest BCUT2D eigenvalue weighted by Crippen LogP contribution is 2.26. The van der Waals surface area contributed by atoms with Crippen LogP contribution in [0, 0.1) is 6.92 Å². The second-order valence-corrected chi connectivity index (χ2v) is 8.26. The molecule has 1 fully saturated rings. The summed E-state index contributed by atoms with van der Waals surface area (Å²) in [6.07, 6.45) is 3.58. The van der Waals surface area contributed by atoms with Gasteiger partial charge >= 0.3 is 0 Å². The normalized spacial score (nSPS) is 17.3. The molecule has 1 aromatic heterocycles. The summed E-state index contributed by atoms with van der Waals surface area (Å²) in [4.78, 5) is 18.0. The van der Waals surface area contributed by atoms with Gasteiger partial charge in [-0.1, -0.05) is 35.5 Å². The number of rotatable bonds is 4. The van der Waals surface area contributed by atoms with Gasteiger partial charge in [-0.15, -0.1) is 0 Å². The maximum atomic E-state index is 13.3. The van der Waals surface area contributed by atoms with Crippen molar-refractivity contribution in [3.8, 4) is 5.69 Å².